The average molecular weight is 852 g/mol. The fourth-order valence-corrected chi connectivity index (χ4v) is 52.7. The Bertz CT molecular complexity index is 1890. The van der Waals surface area contributed by atoms with Gasteiger partial charge in [0.1, 0.15) is 0 Å². The minimum absolute atomic E-state index is 0.152. The summed E-state index contributed by atoms with van der Waals surface area (Å²) in [7, 11) is 18.4. The van der Waals surface area contributed by atoms with E-state index < -0.39 is 21.5 Å². The first kappa shape index (κ1) is 38.9. The van der Waals surface area contributed by atoms with Gasteiger partial charge in [-0.05, 0) is 0 Å². The zero-order chi connectivity index (χ0) is 37.5. The zero-order valence-electron chi connectivity index (χ0n) is 33.3. The maximum absolute atomic E-state index is 9.21. The molecule has 0 nitrogen and oxygen atoms in total. The average Bonchev–Trinajstić information content (AvgIpc) is 3.76. The quantitative estimate of drug-likeness (QED) is 0.132. The second-order valence-electron chi connectivity index (χ2n) is 18.0. The summed E-state index contributed by atoms with van der Waals surface area (Å²) in [4.78, 5) is 0. The Kier molecular flexibility index (Phi) is 11.6. The van der Waals surface area contributed by atoms with Gasteiger partial charge in [-0.25, -0.2) is 0 Å². The van der Waals surface area contributed by atoms with Crippen molar-refractivity contribution in [3.05, 3.63) is 129 Å². The van der Waals surface area contributed by atoms with Gasteiger partial charge < -0.3 is 0 Å². The second kappa shape index (κ2) is 16.1. The number of hydrogen-bond donors (Lipinski definition) is 0. The Labute approximate surface area is 335 Å². The summed E-state index contributed by atoms with van der Waals surface area (Å²) < 4.78 is 0.304. The van der Waals surface area contributed by atoms with Gasteiger partial charge in [0.15, 0.2) is 0 Å². The number of aryl methyl sites for hydroxylation is 2. The maximum atomic E-state index is 9.21. The van der Waals surface area contributed by atoms with Crippen LogP contribution in [0.1, 0.15) is 131 Å². The van der Waals surface area contributed by atoms with Crippen LogP contribution in [0.3, 0.4) is 0 Å². The van der Waals surface area contributed by atoms with Crippen molar-refractivity contribution >= 4 is 35.1 Å². The van der Waals surface area contributed by atoms with Gasteiger partial charge in [0, 0.05) is 0 Å². The molecule has 4 aromatic carbocycles. The van der Waals surface area contributed by atoms with Crippen LogP contribution in [0.2, 0.25) is 12.6 Å². The molecule has 283 valence electrons. The summed E-state index contributed by atoms with van der Waals surface area (Å²) in [6.45, 7) is 9.37. The van der Waals surface area contributed by atoms with Crippen LogP contribution in [-0.2, 0) is 15.6 Å². The predicted octanol–water partition coefficient (Wildman–Crippen LogP) is 15.9. The standard InChI is InChI=1S/2C23H25.C4H11Si.2ClH.Zr/c2*1-17-10-12-20(13-11-17)22-9-5-8-21-15-19(16-23(21)22)14-18-6-3-2-4-7-18;1-3-4-5-2;;;/h2*5,8-13,15-16,18H,2-4,6-7,14H2,1H3;5H,3-4H2,1-2H3;2*1H;/q;;;;;+2/p-2. The normalized spacial score (nSPS) is 21.9. The number of hydrogen-bond acceptors (Lipinski definition) is 0. The van der Waals surface area contributed by atoms with Crippen molar-refractivity contribution in [1.82, 2.24) is 0 Å². The Balaban J connectivity index is 1.35. The van der Waals surface area contributed by atoms with E-state index in [1.54, 1.807) is 11.1 Å². The third-order valence-corrected chi connectivity index (χ3v) is 64.7. The summed E-state index contributed by atoms with van der Waals surface area (Å²) in [6, 6.07) is 33.8. The summed E-state index contributed by atoms with van der Waals surface area (Å²) >= 11 is -5.02. The van der Waals surface area contributed by atoms with Crippen molar-refractivity contribution in [2.24, 2.45) is 11.8 Å². The molecule has 0 heterocycles. The molecule has 0 aliphatic heterocycles. The third kappa shape index (κ3) is 7.23. The van der Waals surface area contributed by atoms with E-state index in [-0.39, 0.29) is 7.25 Å². The molecule has 0 spiro atoms. The first-order valence-corrected chi connectivity index (χ1v) is 37.5. The van der Waals surface area contributed by atoms with Gasteiger partial charge in [-0.3, -0.25) is 0 Å². The predicted molar refractivity (Wildman–Crippen MR) is 237 cm³/mol. The monoisotopic (exact) mass is 849 g/mol. The van der Waals surface area contributed by atoms with Crippen LogP contribution in [0.5, 0.6) is 0 Å². The van der Waals surface area contributed by atoms with E-state index in [4.69, 9.17) is 0 Å². The first-order chi connectivity index (χ1) is 26.1. The van der Waals surface area contributed by atoms with E-state index in [0.717, 1.165) is 31.1 Å². The zero-order valence-corrected chi connectivity index (χ0v) is 38.4. The summed E-state index contributed by atoms with van der Waals surface area (Å²) in [5.41, 5.74) is 16.8. The van der Waals surface area contributed by atoms with Crippen molar-refractivity contribution in [1.29, 1.82) is 0 Å². The van der Waals surface area contributed by atoms with Gasteiger partial charge in [-0.15, -0.1) is 0 Å². The SMILES string of the molecule is CCC[SiH](C)[Zr]([Cl])([Cl])([CH]1C(CC2CCCCC2)=Cc2c(-c3ccc(C)cc3)cccc21)[CH]1C(CC2CCCCC2)=Cc2c(-c3ccc(C)cc3)cccc21. The van der Waals surface area contributed by atoms with E-state index in [1.165, 1.54) is 126 Å². The van der Waals surface area contributed by atoms with Crippen LogP contribution in [0, 0.1) is 25.7 Å². The third-order valence-electron chi connectivity index (χ3n) is 14.3. The fourth-order valence-electron chi connectivity index (χ4n) is 11.4. The summed E-state index contributed by atoms with van der Waals surface area (Å²) in [6.07, 6.45) is 22.2. The van der Waals surface area contributed by atoms with E-state index in [0.29, 0.717) is 0 Å². The van der Waals surface area contributed by atoms with Crippen molar-refractivity contribution in [3.8, 4) is 22.3 Å². The Morgan fingerprint density at radius 3 is 1.37 bits per heavy atom. The van der Waals surface area contributed by atoms with Crippen molar-refractivity contribution in [2.45, 2.75) is 124 Å². The molecule has 3 unspecified atom stereocenters. The van der Waals surface area contributed by atoms with E-state index >= 15 is 0 Å². The molecule has 0 aromatic heterocycles. The van der Waals surface area contributed by atoms with Crippen LogP contribution < -0.4 is 0 Å². The minimum atomic E-state index is -5.02. The molecule has 0 N–H and O–H groups in total. The van der Waals surface area contributed by atoms with Crippen molar-refractivity contribution < 1.29 is 15.6 Å². The second-order valence-corrected chi connectivity index (χ2v) is 59.3. The first-order valence-electron chi connectivity index (χ1n) is 21.5. The number of fused-ring (bicyclic) bond motifs is 2. The van der Waals surface area contributed by atoms with Crippen LogP contribution >= 0.6 is 17.0 Å². The summed E-state index contributed by atoms with van der Waals surface area (Å²) in [5.74, 6) is -0.247. The number of halogens is 2. The number of rotatable bonds is 11. The molecule has 4 heteroatoms. The Morgan fingerprint density at radius 2 is 0.981 bits per heavy atom. The fraction of sp³-hybridized carbons (Fsp3) is 0.440. The molecule has 4 aromatic rings. The van der Waals surface area contributed by atoms with Crippen LogP contribution in [-0.4, -0.2) is 5.92 Å². The van der Waals surface area contributed by atoms with E-state index in [2.05, 4.69) is 124 Å². The molecule has 4 aliphatic rings. The van der Waals surface area contributed by atoms with Crippen LogP contribution in [0.25, 0.3) is 34.4 Å². The molecule has 0 saturated heterocycles. The molecular weight excluding hydrogens is 791 g/mol. The summed E-state index contributed by atoms with van der Waals surface area (Å²) in [5, 5.41) is 0. The van der Waals surface area contributed by atoms with Crippen LogP contribution in [0.4, 0.5) is 0 Å². The molecule has 0 amide bonds. The topological polar surface area (TPSA) is 0 Å². The Morgan fingerprint density at radius 1 is 0.574 bits per heavy atom. The van der Waals surface area contributed by atoms with Gasteiger partial charge in [0.2, 0.25) is 0 Å². The molecule has 2 saturated carbocycles. The molecule has 8 rings (SSSR count). The molecular formula is C50H61Cl2SiZr. The van der Waals surface area contributed by atoms with Gasteiger partial charge in [0.25, 0.3) is 0 Å². The van der Waals surface area contributed by atoms with Crippen LogP contribution in [0.15, 0.2) is 96.1 Å². The molecule has 2 fully saturated rings. The van der Waals surface area contributed by atoms with Crippen molar-refractivity contribution in [3.63, 3.8) is 0 Å². The van der Waals surface area contributed by atoms with Gasteiger partial charge in [-0.2, -0.15) is 0 Å². The van der Waals surface area contributed by atoms with Gasteiger partial charge >= 0.3 is 338 Å². The van der Waals surface area contributed by atoms with Crippen molar-refractivity contribution in [2.75, 3.05) is 0 Å². The van der Waals surface area contributed by atoms with Gasteiger partial charge in [-0.1, -0.05) is 0 Å². The molecule has 54 heavy (non-hydrogen) atoms. The van der Waals surface area contributed by atoms with E-state index in [9.17, 15) is 17.0 Å². The van der Waals surface area contributed by atoms with Gasteiger partial charge in [0.05, 0.1) is 0 Å². The Hall–Kier alpha value is -1.96. The number of allylic oxidation sites excluding steroid dienone is 2. The van der Waals surface area contributed by atoms with E-state index in [1.807, 2.05) is 0 Å². The molecule has 3 atom stereocenters. The number of benzene rings is 4. The molecule has 4 aliphatic carbocycles. The molecule has 0 bridgehead atoms. The molecule has 0 radical (unpaired) electrons.